The minimum absolute atomic E-state index is 0.195. The summed E-state index contributed by atoms with van der Waals surface area (Å²) in [5.74, 6) is -0.606. The number of halogens is 1. The van der Waals surface area contributed by atoms with Crippen LogP contribution in [0.15, 0.2) is 48.5 Å². The lowest BCUT2D eigenvalue weighted by Gasteiger charge is -2.03. The second kappa shape index (κ2) is 4.89. The summed E-state index contributed by atoms with van der Waals surface area (Å²) in [6.45, 7) is 0.379. The fourth-order valence-electron chi connectivity index (χ4n) is 1.64. The molecule has 0 aliphatic heterocycles. The Bertz CT molecular complexity index is 551. The van der Waals surface area contributed by atoms with Crippen molar-refractivity contribution in [1.29, 1.82) is 0 Å². The largest absolute Gasteiger partial charge is 0.326 e. The third-order valence-corrected chi connectivity index (χ3v) is 2.51. The maximum atomic E-state index is 13.0. The Morgan fingerprint density at radius 2 is 1.71 bits per heavy atom. The van der Waals surface area contributed by atoms with E-state index in [0.717, 1.165) is 5.56 Å². The van der Waals surface area contributed by atoms with Gasteiger partial charge in [-0.3, -0.25) is 4.79 Å². The number of benzene rings is 2. The molecule has 2 aromatic rings. The van der Waals surface area contributed by atoms with Crippen molar-refractivity contribution in [3.05, 3.63) is 71.0 Å². The van der Waals surface area contributed by atoms with Crippen LogP contribution in [0.4, 0.5) is 4.39 Å². The van der Waals surface area contributed by atoms with E-state index in [9.17, 15) is 9.18 Å². The van der Waals surface area contributed by atoms with Crippen molar-refractivity contribution in [2.75, 3.05) is 0 Å². The highest BCUT2D eigenvalue weighted by molar-refractivity contribution is 6.09. The maximum absolute atomic E-state index is 13.0. The first kappa shape index (κ1) is 11.5. The number of nitrogens with two attached hydrogens (primary N) is 1. The van der Waals surface area contributed by atoms with Gasteiger partial charge < -0.3 is 5.73 Å². The van der Waals surface area contributed by atoms with Crippen molar-refractivity contribution >= 4 is 5.78 Å². The molecule has 0 radical (unpaired) electrons. The number of ketones is 1. The first-order valence-corrected chi connectivity index (χ1v) is 5.30. The van der Waals surface area contributed by atoms with Crippen LogP contribution in [0.1, 0.15) is 21.5 Å². The van der Waals surface area contributed by atoms with Crippen LogP contribution in [0.3, 0.4) is 0 Å². The molecule has 0 fully saturated rings. The van der Waals surface area contributed by atoms with Crippen LogP contribution in [0, 0.1) is 5.82 Å². The monoisotopic (exact) mass is 229 g/mol. The molecule has 0 unspecified atom stereocenters. The molecule has 0 aromatic heterocycles. The molecule has 0 saturated heterocycles. The van der Waals surface area contributed by atoms with Gasteiger partial charge in [-0.1, -0.05) is 30.3 Å². The van der Waals surface area contributed by atoms with Crippen molar-refractivity contribution in [2.45, 2.75) is 6.54 Å². The van der Waals surface area contributed by atoms with E-state index in [1.165, 1.54) is 18.2 Å². The molecule has 2 rings (SSSR count). The number of rotatable bonds is 3. The Balaban J connectivity index is 2.36. The molecule has 0 atom stereocenters. The zero-order chi connectivity index (χ0) is 12.3. The summed E-state index contributed by atoms with van der Waals surface area (Å²) in [5.41, 5.74) is 7.26. The Kier molecular flexibility index (Phi) is 3.30. The van der Waals surface area contributed by atoms with Gasteiger partial charge in [-0.15, -0.1) is 0 Å². The predicted molar refractivity (Wildman–Crippen MR) is 64.2 cm³/mol. The molecule has 17 heavy (non-hydrogen) atoms. The molecular formula is C14H12FNO. The van der Waals surface area contributed by atoms with Crippen LogP contribution < -0.4 is 5.73 Å². The van der Waals surface area contributed by atoms with Gasteiger partial charge in [0.25, 0.3) is 0 Å². The van der Waals surface area contributed by atoms with Gasteiger partial charge in [0.1, 0.15) is 5.82 Å². The number of carbonyl (C=O) groups excluding carboxylic acids is 1. The average molecular weight is 229 g/mol. The zero-order valence-corrected chi connectivity index (χ0v) is 9.19. The molecule has 0 heterocycles. The maximum Gasteiger partial charge on any atom is 0.193 e. The zero-order valence-electron chi connectivity index (χ0n) is 9.19. The molecule has 2 aromatic carbocycles. The quantitative estimate of drug-likeness (QED) is 0.822. The van der Waals surface area contributed by atoms with E-state index in [2.05, 4.69) is 0 Å². The standard InChI is InChI=1S/C14H12FNO/c15-13-6-2-5-12(8-13)14(17)11-4-1-3-10(7-11)9-16/h1-8H,9,16H2. The summed E-state index contributed by atoms with van der Waals surface area (Å²) in [6, 6.07) is 12.7. The van der Waals surface area contributed by atoms with E-state index in [4.69, 9.17) is 5.73 Å². The molecule has 0 saturated carbocycles. The highest BCUT2D eigenvalue weighted by Crippen LogP contribution is 2.12. The molecule has 2 nitrogen and oxygen atoms in total. The fourth-order valence-corrected chi connectivity index (χ4v) is 1.64. The summed E-state index contributed by atoms with van der Waals surface area (Å²) < 4.78 is 13.0. The summed E-state index contributed by atoms with van der Waals surface area (Å²) in [4.78, 5) is 12.1. The van der Waals surface area contributed by atoms with Crippen LogP contribution in [-0.4, -0.2) is 5.78 Å². The molecule has 0 aliphatic carbocycles. The smallest absolute Gasteiger partial charge is 0.193 e. The van der Waals surface area contributed by atoms with E-state index in [0.29, 0.717) is 17.7 Å². The summed E-state index contributed by atoms with van der Waals surface area (Å²) >= 11 is 0. The minimum atomic E-state index is -0.411. The number of carbonyl (C=O) groups is 1. The first-order valence-electron chi connectivity index (χ1n) is 5.30. The highest BCUT2D eigenvalue weighted by atomic mass is 19.1. The van der Waals surface area contributed by atoms with E-state index in [1.807, 2.05) is 6.07 Å². The Morgan fingerprint density at radius 1 is 1.06 bits per heavy atom. The topological polar surface area (TPSA) is 43.1 Å². The van der Waals surface area contributed by atoms with Crippen molar-refractivity contribution in [3.8, 4) is 0 Å². The SMILES string of the molecule is NCc1cccc(C(=O)c2cccc(F)c2)c1. The normalized spacial score (nSPS) is 10.2. The van der Waals surface area contributed by atoms with Gasteiger partial charge in [0, 0.05) is 17.7 Å². The minimum Gasteiger partial charge on any atom is -0.326 e. The van der Waals surface area contributed by atoms with E-state index < -0.39 is 5.82 Å². The van der Waals surface area contributed by atoms with Crippen LogP contribution in [0.25, 0.3) is 0 Å². The lowest BCUT2D eigenvalue weighted by atomic mass is 10.0. The third kappa shape index (κ3) is 2.57. The van der Waals surface area contributed by atoms with Gasteiger partial charge >= 0.3 is 0 Å². The predicted octanol–water partition coefficient (Wildman–Crippen LogP) is 2.52. The lowest BCUT2D eigenvalue weighted by Crippen LogP contribution is -2.04. The Labute approximate surface area is 98.9 Å². The summed E-state index contributed by atoms with van der Waals surface area (Å²) in [5, 5.41) is 0. The first-order chi connectivity index (χ1) is 8.20. The fraction of sp³-hybridized carbons (Fsp3) is 0.0714. The number of hydrogen-bond acceptors (Lipinski definition) is 2. The summed E-state index contributed by atoms with van der Waals surface area (Å²) in [7, 11) is 0. The van der Waals surface area contributed by atoms with Crippen LogP contribution >= 0.6 is 0 Å². The van der Waals surface area contributed by atoms with Gasteiger partial charge in [0.05, 0.1) is 0 Å². The van der Waals surface area contributed by atoms with Crippen LogP contribution in [0.2, 0.25) is 0 Å². The van der Waals surface area contributed by atoms with E-state index in [1.54, 1.807) is 24.3 Å². The van der Waals surface area contributed by atoms with E-state index >= 15 is 0 Å². The van der Waals surface area contributed by atoms with Gasteiger partial charge in [0.15, 0.2) is 5.78 Å². The number of hydrogen-bond donors (Lipinski definition) is 1. The van der Waals surface area contributed by atoms with Crippen LogP contribution in [0.5, 0.6) is 0 Å². The third-order valence-electron chi connectivity index (χ3n) is 2.51. The van der Waals surface area contributed by atoms with Crippen molar-refractivity contribution in [3.63, 3.8) is 0 Å². The van der Waals surface area contributed by atoms with Gasteiger partial charge in [-0.05, 0) is 23.8 Å². The van der Waals surface area contributed by atoms with Crippen molar-refractivity contribution < 1.29 is 9.18 Å². The second-order valence-corrected chi connectivity index (χ2v) is 3.74. The molecule has 86 valence electrons. The lowest BCUT2D eigenvalue weighted by molar-refractivity contribution is 0.103. The molecule has 0 amide bonds. The highest BCUT2D eigenvalue weighted by Gasteiger charge is 2.09. The molecule has 2 N–H and O–H groups in total. The summed E-state index contributed by atoms with van der Waals surface area (Å²) in [6.07, 6.45) is 0. The van der Waals surface area contributed by atoms with Gasteiger partial charge in [-0.25, -0.2) is 4.39 Å². The van der Waals surface area contributed by atoms with E-state index in [-0.39, 0.29) is 5.78 Å². The Hall–Kier alpha value is -2.00. The second-order valence-electron chi connectivity index (χ2n) is 3.74. The molecular weight excluding hydrogens is 217 g/mol. The van der Waals surface area contributed by atoms with Crippen molar-refractivity contribution in [2.24, 2.45) is 5.73 Å². The van der Waals surface area contributed by atoms with Gasteiger partial charge in [-0.2, -0.15) is 0 Å². The van der Waals surface area contributed by atoms with Crippen LogP contribution in [-0.2, 0) is 6.54 Å². The molecule has 0 spiro atoms. The molecule has 0 bridgehead atoms. The molecule has 3 heteroatoms. The van der Waals surface area contributed by atoms with Gasteiger partial charge in [0.2, 0.25) is 0 Å². The average Bonchev–Trinajstić information content (AvgIpc) is 2.38. The van der Waals surface area contributed by atoms with Crippen molar-refractivity contribution in [1.82, 2.24) is 0 Å². The Morgan fingerprint density at radius 3 is 2.35 bits per heavy atom. The molecule has 0 aliphatic rings.